The lowest BCUT2D eigenvalue weighted by atomic mass is 10.1. The third-order valence-corrected chi connectivity index (χ3v) is 3.35. The van der Waals surface area contributed by atoms with E-state index in [1.165, 1.54) is 4.81 Å². The first-order valence-electron chi connectivity index (χ1n) is 6.35. The van der Waals surface area contributed by atoms with E-state index in [9.17, 15) is 9.59 Å². The largest absolute Gasteiger partial charge is 0.284 e. The molecule has 0 saturated carbocycles. The maximum atomic E-state index is 12.2. The first-order chi connectivity index (χ1) is 9.40. The zero-order chi connectivity index (χ0) is 14.5. The molecule has 2 heterocycles. The van der Waals surface area contributed by atoms with Gasteiger partial charge in [-0.05, 0) is 19.1 Å². The van der Waals surface area contributed by atoms with Crippen LogP contribution in [-0.2, 0) is 0 Å². The number of hydrogen-bond acceptors (Lipinski definition) is 4. The van der Waals surface area contributed by atoms with Gasteiger partial charge in [-0.3, -0.25) is 9.59 Å². The van der Waals surface area contributed by atoms with Crippen molar-refractivity contribution < 1.29 is 14.4 Å². The van der Waals surface area contributed by atoms with Gasteiger partial charge in [-0.15, -0.1) is 5.01 Å². The van der Waals surface area contributed by atoms with Crippen molar-refractivity contribution in [2.45, 2.75) is 26.3 Å². The summed E-state index contributed by atoms with van der Waals surface area (Å²) in [5, 5.41) is 5.28. The molecule has 1 aromatic rings. The van der Waals surface area contributed by atoms with Crippen LogP contribution in [0.3, 0.4) is 0 Å². The van der Waals surface area contributed by atoms with Gasteiger partial charge in [0.05, 0.1) is 11.1 Å². The molecule has 2 aliphatic rings. The molecule has 1 aromatic carbocycles. The maximum Gasteiger partial charge on any atom is 0.284 e. The number of amides is 2. The minimum Gasteiger partial charge on any atom is -0.266 e. The van der Waals surface area contributed by atoms with Gasteiger partial charge in [0.1, 0.15) is 5.70 Å². The Morgan fingerprint density at radius 3 is 2.15 bits per heavy atom. The molecule has 6 heteroatoms. The summed E-state index contributed by atoms with van der Waals surface area (Å²) in [5.41, 5.74) is 4.04. The topological polar surface area (TPSA) is 64.8 Å². The van der Waals surface area contributed by atoms with Crippen molar-refractivity contribution in [1.82, 2.24) is 10.5 Å². The Balaban J connectivity index is 1.90. The summed E-state index contributed by atoms with van der Waals surface area (Å²) in [6, 6.07) is 6.77. The number of carbonyl (C=O) groups excluding carboxylic acids is 2. The van der Waals surface area contributed by atoms with Crippen molar-refractivity contribution in [2.24, 2.45) is 5.11 Å². The Hall–Kier alpha value is -2.50. The number of azo groups is 1. The highest BCUT2D eigenvalue weighted by atomic mass is 16.2. The highest BCUT2D eigenvalue weighted by molar-refractivity contribution is 6.20. The molecule has 0 aromatic heterocycles. The Kier molecular flexibility index (Phi) is 2.50. The fourth-order valence-electron chi connectivity index (χ4n) is 2.41. The summed E-state index contributed by atoms with van der Waals surface area (Å²) in [7, 11) is 0. The summed E-state index contributed by atoms with van der Waals surface area (Å²) in [5.74, 6) is -0.720. The fraction of sp³-hybridized carbons (Fsp3) is 0.286. The van der Waals surface area contributed by atoms with Crippen LogP contribution >= 0.6 is 0 Å². The molecule has 2 amide bonds. The average Bonchev–Trinajstić information content (AvgIpc) is 2.78. The van der Waals surface area contributed by atoms with Crippen LogP contribution in [0.5, 0.6) is 0 Å². The standard InChI is InChI=1S/C14H15N4O2/c1-9-8-14(2,3)18(15-9)16-17-12(19)10-6-4-5-7-11(10)13(17)20/h4-8H,1-3H3,(H,15,16)/q+1. The molecule has 0 fully saturated rings. The second kappa shape index (κ2) is 4.00. The summed E-state index contributed by atoms with van der Waals surface area (Å²) in [6.07, 6.45) is 1.96. The Bertz CT molecular complexity index is 653. The number of nitrogens with one attached hydrogen (secondary N) is 1. The zero-order valence-corrected chi connectivity index (χ0v) is 11.5. The number of hydrazine groups is 2. The summed E-state index contributed by atoms with van der Waals surface area (Å²) < 4.78 is 0. The second-order valence-electron chi connectivity index (χ2n) is 5.44. The molecular weight excluding hydrogens is 256 g/mol. The minimum atomic E-state index is -0.403. The van der Waals surface area contributed by atoms with E-state index in [2.05, 4.69) is 10.6 Å². The van der Waals surface area contributed by atoms with Crippen LogP contribution in [-0.4, -0.2) is 27.2 Å². The van der Waals surface area contributed by atoms with Gasteiger partial charge in [0.2, 0.25) is 5.54 Å². The molecule has 0 radical (unpaired) electrons. The van der Waals surface area contributed by atoms with Crippen LogP contribution < -0.4 is 5.53 Å². The minimum absolute atomic E-state index is 0.360. The van der Waals surface area contributed by atoms with Gasteiger partial charge in [-0.25, -0.2) is 0 Å². The third-order valence-electron chi connectivity index (χ3n) is 3.35. The monoisotopic (exact) mass is 271 g/mol. The van der Waals surface area contributed by atoms with Gasteiger partial charge >= 0.3 is 0 Å². The van der Waals surface area contributed by atoms with Crippen molar-refractivity contribution in [3.8, 4) is 0 Å². The van der Waals surface area contributed by atoms with Crippen molar-refractivity contribution in [1.29, 1.82) is 0 Å². The molecule has 1 N–H and O–H groups in total. The highest BCUT2D eigenvalue weighted by Gasteiger charge is 2.43. The predicted molar refractivity (Wildman–Crippen MR) is 70.6 cm³/mol. The molecule has 2 aliphatic heterocycles. The lowest BCUT2D eigenvalue weighted by Gasteiger charge is -2.16. The fourth-order valence-corrected chi connectivity index (χ4v) is 2.41. The number of imide groups is 1. The first kappa shape index (κ1) is 12.5. The molecule has 0 bridgehead atoms. The number of fused-ring (bicyclic) bond motifs is 1. The van der Waals surface area contributed by atoms with E-state index in [1.807, 2.05) is 26.8 Å². The molecule has 0 atom stereocenters. The van der Waals surface area contributed by atoms with E-state index in [0.29, 0.717) is 11.1 Å². The number of nitrogens with zero attached hydrogens (tertiary/aromatic N) is 3. The summed E-state index contributed by atoms with van der Waals surface area (Å²) in [6.45, 7) is 5.75. The molecule has 102 valence electrons. The number of benzene rings is 1. The number of carbonyl (C=O) groups is 2. The highest BCUT2D eigenvalue weighted by Crippen LogP contribution is 2.24. The van der Waals surface area contributed by atoms with Crippen LogP contribution in [0.4, 0.5) is 0 Å². The van der Waals surface area contributed by atoms with Gasteiger partial charge in [-0.1, -0.05) is 17.7 Å². The number of allylic oxidation sites excluding steroid dienone is 1. The van der Waals surface area contributed by atoms with Crippen LogP contribution in [0.2, 0.25) is 0 Å². The van der Waals surface area contributed by atoms with Gasteiger partial charge in [0.15, 0.2) is 0 Å². The zero-order valence-electron chi connectivity index (χ0n) is 11.5. The van der Waals surface area contributed by atoms with Crippen LogP contribution in [0, 0.1) is 0 Å². The number of hydrogen-bond donors (Lipinski definition) is 1. The molecular formula is C14H15N4O2+. The molecule has 0 spiro atoms. The lowest BCUT2D eigenvalue weighted by Crippen LogP contribution is -2.52. The van der Waals surface area contributed by atoms with Gasteiger partial charge < -0.3 is 0 Å². The van der Waals surface area contributed by atoms with Gasteiger partial charge in [0, 0.05) is 29.8 Å². The first-order valence-corrected chi connectivity index (χ1v) is 6.35. The molecule has 20 heavy (non-hydrogen) atoms. The SMILES string of the molecule is CC1=CC(C)(C)[N+](NN2C(=O)c3ccccc3C2=O)=N1. The predicted octanol–water partition coefficient (Wildman–Crippen LogP) is 1.86. The van der Waals surface area contributed by atoms with Crippen LogP contribution in [0.1, 0.15) is 41.5 Å². The lowest BCUT2D eigenvalue weighted by molar-refractivity contribution is -0.707. The maximum absolute atomic E-state index is 12.2. The van der Waals surface area contributed by atoms with E-state index in [1.54, 1.807) is 24.3 Å². The van der Waals surface area contributed by atoms with E-state index in [-0.39, 0.29) is 11.8 Å². The van der Waals surface area contributed by atoms with E-state index < -0.39 is 5.54 Å². The normalized spacial score (nSPS) is 19.9. The quantitative estimate of drug-likeness (QED) is 0.659. The summed E-state index contributed by atoms with van der Waals surface area (Å²) >= 11 is 0. The molecule has 0 aliphatic carbocycles. The van der Waals surface area contributed by atoms with Crippen molar-refractivity contribution in [2.75, 3.05) is 0 Å². The molecule has 0 unspecified atom stereocenters. The summed E-state index contributed by atoms with van der Waals surface area (Å²) in [4.78, 5) is 26.0. The Morgan fingerprint density at radius 2 is 1.70 bits per heavy atom. The molecule has 3 rings (SSSR count). The van der Waals surface area contributed by atoms with E-state index >= 15 is 0 Å². The Morgan fingerprint density at radius 1 is 1.15 bits per heavy atom. The molecule has 6 nitrogen and oxygen atoms in total. The van der Waals surface area contributed by atoms with Gasteiger partial charge in [-0.2, -0.15) is 0 Å². The van der Waals surface area contributed by atoms with Crippen molar-refractivity contribution in [3.05, 3.63) is 47.2 Å². The Labute approximate surface area is 116 Å². The average molecular weight is 271 g/mol. The van der Waals surface area contributed by atoms with E-state index in [4.69, 9.17) is 0 Å². The molecule has 0 saturated heterocycles. The van der Waals surface area contributed by atoms with Crippen molar-refractivity contribution in [3.63, 3.8) is 0 Å². The van der Waals surface area contributed by atoms with Crippen LogP contribution in [0.15, 0.2) is 41.2 Å². The van der Waals surface area contributed by atoms with E-state index in [0.717, 1.165) is 10.7 Å². The van der Waals surface area contributed by atoms with Gasteiger partial charge in [0.25, 0.3) is 11.8 Å². The number of rotatable bonds is 2. The van der Waals surface area contributed by atoms with Crippen molar-refractivity contribution >= 4 is 11.8 Å². The second-order valence-corrected chi connectivity index (χ2v) is 5.44. The van der Waals surface area contributed by atoms with Crippen LogP contribution in [0.25, 0.3) is 0 Å². The third kappa shape index (κ3) is 1.72. The smallest absolute Gasteiger partial charge is 0.266 e.